The molecule has 1 aromatic rings. The average Bonchev–Trinajstić information content (AvgIpc) is 3.18. The normalized spacial score (nSPS) is 22.7. The minimum atomic E-state index is 0.458. The summed E-state index contributed by atoms with van der Waals surface area (Å²) >= 11 is 0. The maximum absolute atomic E-state index is 5.45. The monoisotopic (exact) mass is 306 g/mol. The smallest absolute Gasteiger partial charge is 0.0596 e. The van der Waals surface area contributed by atoms with E-state index in [1.165, 1.54) is 25.1 Å². The zero-order valence-electron chi connectivity index (χ0n) is 14.3. The molecule has 5 heteroatoms. The maximum atomic E-state index is 5.45. The third kappa shape index (κ3) is 4.09. The van der Waals surface area contributed by atoms with Crippen LogP contribution in [0, 0.1) is 19.3 Å². The second-order valence-electron chi connectivity index (χ2n) is 7.28. The molecule has 2 aliphatic rings. The zero-order chi connectivity index (χ0) is 15.6. The molecule has 124 valence electrons. The Morgan fingerprint density at radius 2 is 2.05 bits per heavy atom. The molecule has 1 aliphatic heterocycles. The molecule has 0 aromatic carbocycles. The summed E-state index contributed by atoms with van der Waals surface area (Å²) in [7, 11) is 0. The van der Waals surface area contributed by atoms with Crippen molar-refractivity contribution >= 4 is 0 Å². The van der Waals surface area contributed by atoms with Crippen LogP contribution in [0.25, 0.3) is 0 Å². The number of nitrogens with one attached hydrogen (secondary N) is 1. The van der Waals surface area contributed by atoms with E-state index in [-0.39, 0.29) is 0 Å². The van der Waals surface area contributed by atoms with Gasteiger partial charge in [-0.05, 0) is 45.1 Å². The fraction of sp³-hybridized carbons (Fsp3) is 0.824. The summed E-state index contributed by atoms with van der Waals surface area (Å²) in [5.74, 6) is 0. The first-order chi connectivity index (χ1) is 10.6. The van der Waals surface area contributed by atoms with Crippen molar-refractivity contribution in [3.05, 3.63) is 17.5 Å². The van der Waals surface area contributed by atoms with Crippen LogP contribution >= 0.6 is 0 Å². The topological polar surface area (TPSA) is 42.3 Å². The average molecular weight is 306 g/mol. The van der Waals surface area contributed by atoms with Crippen LogP contribution < -0.4 is 5.32 Å². The summed E-state index contributed by atoms with van der Waals surface area (Å²) < 4.78 is 7.56. The summed E-state index contributed by atoms with van der Waals surface area (Å²) in [5.41, 5.74) is 2.87. The molecule has 0 amide bonds. The Hall–Kier alpha value is -0.910. The number of aromatic nitrogens is 2. The van der Waals surface area contributed by atoms with Gasteiger partial charge in [0.15, 0.2) is 0 Å². The molecule has 1 saturated heterocycles. The van der Waals surface area contributed by atoms with Crippen LogP contribution in [0.5, 0.6) is 0 Å². The van der Waals surface area contributed by atoms with Crippen LogP contribution in [0.2, 0.25) is 0 Å². The van der Waals surface area contributed by atoms with Gasteiger partial charge in [-0.15, -0.1) is 0 Å². The van der Waals surface area contributed by atoms with Crippen molar-refractivity contribution in [2.75, 3.05) is 39.4 Å². The summed E-state index contributed by atoms with van der Waals surface area (Å²) in [4.78, 5) is 2.57. The molecule has 1 saturated carbocycles. The molecule has 2 heterocycles. The highest BCUT2D eigenvalue weighted by molar-refractivity contribution is 5.06. The molecule has 0 unspecified atom stereocenters. The van der Waals surface area contributed by atoms with Gasteiger partial charge in [0.2, 0.25) is 0 Å². The quantitative estimate of drug-likeness (QED) is 0.831. The molecule has 3 rings (SSSR count). The fourth-order valence-corrected chi connectivity index (χ4v) is 3.38. The first kappa shape index (κ1) is 16.0. The summed E-state index contributed by atoms with van der Waals surface area (Å²) in [6.45, 7) is 13.8. The summed E-state index contributed by atoms with van der Waals surface area (Å²) in [6.07, 6.45) is 2.73. The van der Waals surface area contributed by atoms with Gasteiger partial charge < -0.3 is 10.1 Å². The lowest BCUT2D eigenvalue weighted by molar-refractivity contribution is 0.0281. The Morgan fingerprint density at radius 1 is 1.32 bits per heavy atom. The van der Waals surface area contributed by atoms with E-state index in [1.54, 1.807) is 0 Å². The van der Waals surface area contributed by atoms with Crippen molar-refractivity contribution in [3.8, 4) is 0 Å². The highest BCUT2D eigenvalue weighted by atomic mass is 16.5. The number of morpholine rings is 1. The van der Waals surface area contributed by atoms with Crippen molar-refractivity contribution in [2.45, 2.75) is 46.2 Å². The van der Waals surface area contributed by atoms with Gasteiger partial charge in [0.25, 0.3) is 0 Å². The molecule has 22 heavy (non-hydrogen) atoms. The molecular weight excluding hydrogens is 276 g/mol. The Kier molecular flexibility index (Phi) is 4.85. The number of rotatable bonds is 7. The van der Waals surface area contributed by atoms with Gasteiger partial charge in [-0.3, -0.25) is 9.58 Å². The van der Waals surface area contributed by atoms with Crippen molar-refractivity contribution in [1.29, 1.82) is 0 Å². The zero-order valence-corrected chi connectivity index (χ0v) is 14.3. The molecule has 0 bridgehead atoms. The first-order valence-electron chi connectivity index (χ1n) is 8.61. The number of nitrogens with zero attached hydrogens (tertiary/aromatic N) is 3. The summed E-state index contributed by atoms with van der Waals surface area (Å²) in [5, 5.41) is 8.30. The van der Waals surface area contributed by atoms with E-state index in [2.05, 4.69) is 46.8 Å². The van der Waals surface area contributed by atoms with E-state index in [0.29, 0.717) is 11.5 Å². The Labute approximate surface area is 134 Å². The van der Waals surface area contributed by atoms with Gasteiger partial charge >= 0.3 is 0 Å². The largest absolute Gasteiger partial charge is 0.379 e. The third-order valence-corrected chi connectivity index (χ3v) is 5.00. The molecule has 1 N–H and O–H groups in total. The number of hydrogen-bond donors (Lipinski definition) is 1. The molecule has 0 spiro atoms. The van der Waals surface area contributed by atoms with Crippen LogP contribution in [0.3, 0.4) is 0 Å². The summed E-state index contributed by atoms with van der Waals surface area (Å²) in [6, 6.07) is 2.60. The van der Waals surface area contributed by atoms with Crippen molar-refractivity contribution in [1.82, 2.24) is 20.0 Å². The Balaban J connectivity index is 1.44. The van der Waals surface area contributed by atoms with Crippen LogP contribution in [-0.4, -0.2) is 60.1 Å². The van der Waals surface area contributed by atoms with Crippen LogP contribution in [0.4, 0.5) is 0 Å². The van der Waals surface area contributed by atoms with Gasteiger partial charge in [0.05, 0.1) is 25.5 Å². The molecule has 5 nitrogen and oxygen atoms in total. The van der Waals surface area contributed by atoms with E-state index >= 15 is 0 Å². The number of hydrogen-bond acceptors (Lipinski definition) is 4. The van der Waals surface area contributed by atoms with Gasteiger partial charge in [-0.2, -0.15) is 5.10 Å². The van der Waals surface area contributed by atoms with Gasteiger partial charge in [-0.1, -0.05) is 0 Å². The van der Waals surface area contributed by atoms with Gasteiger partial charge in [0.1, 0.15) is 0 Å². The lowest BCUT2D eigenvalue weighted by atomic mass is 10.1. The number of ether oxygens (including phenoxy) is 1. The molecule has 1 aromatic heterocycles. The Morgan fingerprint density at radius 3 is 2.64 bits per heavy atom. The first-order valence-corrected chi connectivity index (χ1v) is 8.61. The highest BCUT2D eigenvalue weighted by Crippen LogP contribution is 2.45. The maximum Gasteiger partial charge on any atom is 0.0596 e. The van der Waals surface area contributed by atoms with Crippen LogP contribution in [-0.2, 0) is 11.3 Å². The molecule has 1 aliphatic carbocycles. The fourth-order valence-electron chi connectivity index (χ4n) is 3.38. The molecule has 0 radical (unpaired) electrons. The third-order valence-electron chi connectivity index (χ3n) is 5.00. The molecule has 1 atom stereocenters. The highest BCUT2D eigenvalue weighted by Gasteiger charge is 2.43. The second kappa shape index (κ2) is 6.69. The van der Waals surface area contributed by atoms with Crippen molar-refractivity contribution in [3.63, 3.8) is 0 Å². The standard InChI is InChI=1S/C17H30N4O/c1-14-10-16(3)21(19-14)11-15(2)18-12-17(4-5-17)13-20-6-8-22-9-7-20/h10,15,18H,4-9,11-13H2,1-3H3/t15-/m1/s1. The van der Waals surface area contributed by atoms with E-state index in [1.807, 2.05) is 0 Å². The van der Waals surface area contributed by atoms with Crippen molar-refractivity contribution < 1.29 is 4.74 Å². The minimum Gasteiger partial charge on any atom is -0.379 e. The van der Waals surface area contributed by atoms with E-state index in [9.17, 15) is 0 Å². The van der Waals surface area contributed by atoms with E-state index < -0.39 is 0 Å². The van der Waals surface area contributed by atoms with Gasteiger partial charge in [-0.25, -0.2) is 0 Å². The van der Waals surface area contributed by atoms with E-state index in [4.69, 9.17) is 4.74 Å². The molecular formula is C17H30N4O. The SMILES string of the molecule is Cc1cc(C)n(C[C@@H](C)NCC2(CN3CCOCC3)CC2)n1. The Bertz CT molecular complexity index is 489. The minimum absolute atomic E-state index is 0.458. The van der Waals surface area contributed by atoms with Gasteiger partial charge in [0, 0.05) is 37.9 Å². The second-order valence-corrected chi connectivity index (χ2v) is 7.28. The molecule has 2 fully saturated rings. The van der Waals surface area contributed by atoms with Crippen LogP contribution in [0.15, 0.2) is 6.07 Å². The lowest BCUT2D eigenvalue weighted by Gasteiger charge is -2.31. The predicted molar refractivity (Wildman–Crippen MR) is 88.1 cm³/mol. The lowest BCUT2D eigenvalue weighted by Crippen LogP contribution is -2.44. The predicted octanol–water partition coefficient (Wildman–Crippen LogP) is 1.59. The van der Waals surface area contributed by atoms with E-state index in [0.717, 1.165) is 45.1 Å². The van der Waals surface area contributed by atoms with Crippen molar-refractivity contribution in [2.24, 2.45) is 5.41 Å². The number of aryl methyl sites for hydroxylation is 2. The van der Waals surface area contributed by atoms with Crippen LogP contribution in [0.1, 0.15) is 31.2 Å².